The van der Waals surface area contributed by atoms with Crippen molar-refractivity contribution in [3.63, 3.8) is 0 Å². The third kappa shape index (κ3) is 7.52. The van der Waals surface area contributed by atoms with E-state index in [2.05, 4.69) is 16.6 Å². The van der Waals surface area contributed by atoms with Crippen LogP contribution in [-0.2, 0) is 11.4 Å². The molecule has 0 bridgehead atoms. The zero-order chi connectivity index (χ0) is 32.8. The standard InChI is InChI=1S/C38H29ClN2O4S2/c1-2-41-34-19-13-26(36(42)25-9-5-3-6-10-25)23-31(34)32-24-27(14-20-35(32)41)37(43)33(21-22-46-29-17-15-28(39)16-18-29)40-45-38(44)47-30-11-7-4-8-12-30/h3-20,23-24H,2,21-22H2,1H3. The number of carbonyl (C=O) groups is 3. The van der Waals surface area contributed by atoms with Gasteiger partial charge in [0, 0.05) is 72.0 Å². The molecule has 0 fully saturated rings. The lowest BCUT2D eigenvalue weighted by Crippen LogP contribution is -2.16. The molecule has 0 radical (unpaired) electrons. The Labute approximate surface area is 285 Å². The molecule has 234 valence electrons. The topological polar surface area (TPSA) is 77.7 Å². The maximum Gasteiger partial charge on any atom is 0.398 e. The van der Waals surface area contributed by atoms with Gasteiger partial charge in [0.05, 0.1) is 0 Å². The zero-order valence-corrected chi connectivity index (χ0v) is 27.8. The van der Waals surface area contributed by atoms with Gasteiger partial charge in [-0.3, -0.25) is 9.59 Å². The predicted molar refractivity (Wildman–Crippen MR) is 192 cm³/mol. The zero-order valence-electron chi connectivity index (χ0n) is 25.4. The Morgan fingerprint density at radius 3 is 2.00 bits per heavy atom. The van der Waals surface area contributed by atoms with Crippen LogP contribution in [0, 0.1) is 0 Å². The number of rotatable bonds is 11. The van der Waals surface area contributed by atoms with Gasteiger partial charge in [0.25, 0.3) is 0 Å². The summed E-state index contributed by atoms with van der Waals surface area (Å²) < 4.78 is 2.16. The summed E-state index contributed by atoms with van der Waals surface area (Å²) in [7, 11) is 0. The second kappa shape index (κ2) is 14.9. The van der Waals surface area contributed by atoms with Gasteiger partial charge in [-0.25, -0.2) is 4.79 Å². The molecule has 0 amide bonds. The first kappa shape index (κ1) is 32.3. The van der Waals surface area contributed by atoms with Crippen molar-refractivity contribution in [1.29, 1.82) is 0 Å². The molecular weight excluding hydrogens is 648 g/mol. The highest BCUT2D eigenvalue weighted by atomic mass is 35.5. The number of Topliss-reactive ketones (excluding diaryl/α,β-unsaturated/α-hetero) is 1. The van der Waals surface area contributed by atoms with E-state index in [9.17, 15) is 14.4 Å². The number of aromatic nitrogens is 1. The van der Waals surface area contributed by atoms with Crippen LogP contribution in [0.25, 0.3) is 21.8 Å². The molecule has 0 aliphatic carbocycles. The number of fused-ring (bicyclic) bond motifs is 3. The Morgan fingerprint density at radius 1 is 0.723 bits per heavy atom. The van der Waals surface area contributed by atoms with E-state index < -0.39 is 5.30 Å². The Balaban J connectivity index is 1.32. The quantitative estimate of drug-likeness (QED) is 0.0447. The molecule has 1 aromatic heterocycles. The van der Waals surface area contributed by atoms with E-state index in [-0.39, 0.29) is 23.7 Å². The minimum atomic E-state index is -0.635. The number of nitrogens with zero attached hydrogens (tertiary/aromatic N) is 2. The van der Waals surface area contributed by atoms with E-state index in [1.165, 1.54) is 0 Å². The third-order valence-corrected chi connectivity index (χ3v) is 9.61. The number of hydrogen-bond acceptors (Lipinski definition) is 7. The molecule has 0 unspecified atom stereocenters. The van der Waals surface area contributed by atoms with Crippen molar-refractivity contribution in [2.45, 2.75) is 29.7 Å². The highest BCUT2D eigenvalue weighted by Crippen LogP contribution is 2.32. The van der Waals surface area contributed by atoms with E-state index in [1.807, 2.05) is 91.0 Å². The Hall–Kier alpha value is -4.63. The van der Waals surface area contributed by atoms with Crippen LogP contribution in [0.2, 0.25) is 5.02 Å². The molecule has 0 aliphatic heterocycles. The van der Waals surface area contributed by atoms with Crippen molar-refractivity contribution in [2.75, 3.05) is 5.75 Å². The van der Waals surface area contributed by atoms with E-state index in [1.54, 1.807) is 42.1 Å². The van der Waals surface area contributed by atoms with Crippen LogP contribution in [0.15, 0.2) is 136 Å². The molecule has 0 N–H and O–H groups in total. The lowest BCUT2D eigenvalue weighted by molar-refractivity contribution is 0.103. The molecule has 1 heterocycles. The van der Waals surface area contributed by atoms with Crippen molar-refractivity contribution in [3.05, 3.63) is 143 Å². The van der Waals surface area contributed by atoms with Gasteiger partial charge in [-0.1, -0.05) is 65.3 Å². The summed E-state index contributed by atoms with van der Waals surface area (Å²) in [5.41, 5.74) is 3.64. The van der Waals surface area contributed by atoms with Crippen LogP contribution in [0.1, 0.15) is 39.6 Å². The summed E-state index contributed by atoms with van der Waals surface area (Å²) in [6.07, 6.45) is 0.264. The van der Waals surface area contributed by atoms with Gasteiger partial charge in [-0.05, 0) is 91.5 Å². The van der Waals surface area contributed by atoms with Gasteiger partial charge in [0.1, 0.15) is 5.71 Å². The number of ketones is 2. The smallest absolute Gasteiger partial charge is 0.341 e. The summed E-state index contributed by atoms with van der Waals surface area (Å²) in [6, 6.07) is 37.0. The number of hydrogen-bond donors (Lipinski definition) is 0. The maximum atomic E-state index is 14.0. The molecule has 5 aromatic carbocycles. The fourth-order valence-corrected chi connectivity index (χ4v) is 6.89. The second-order valence-electron chi connectivity index (χ2n) is 10.6. The molecule has 0 saturated carbocycles. The summed E-state index contributed by atoms with van der Waals surface area (Å²) in [6.45, 7) is 2.77. The van der Waals surface area contributed by atoms with Gasteiger partial charge in [-0.15, -0.1) is 11.8 Å². The summed E-state index contributed by atoms with van der Waals surface area (Å²) in [4.78, 5) is 46.9. The average molecular weight is 677 g/mol. The molecule has 6 rings (SSSR count). The number of carbonyl (C=O) groups excluding carboxylic acids is 3. The van der Waals surface area contributed by atoms with Crippen molar-refractivity contribution in [3.8, 4) is 0 Å². The Morgan fingerprint density at radius 2 is 1.34 bits per heavy atom. The van der Waals surface area contributed by atoms with Gasteiger partial charge in [0.2, 0.25) is 5.78 Å². The normalized spacial score (nSPS) is 11.6. The average Bonchev–Trinajstić information content (AvgIpc) is 3.43. The Bertz CT molecular complexity index is 2110. The van der Waals surface area contributed by atoms with Gasteiger partial charge >= 0.3 is 5.30 Å². The van der Waals surface area contributed by atoms with Crippen LogP contribution >= 0.6 is 35.1 Å². The maximum absolute atomic E-state index is 14.0. The predicted octanol–water partition coefficient (Wildman–Crippen LogP) is 10.3. The lowest BCUT2D eigenvalue weighted by atomic mass is 9.99. The highest BCUT2D eigenvalue weighted by molar-refractivity contribution is 8.13. The molecule has 9 heteroatoms. The number of oxime groups is 1. The van der Waals surface area contributed by atoms with Gasteiger partial charge in [0.15, 0.2) is 5.78 Å². The monoisotopic (exact) mass is 676 g/mol. The summed E-state index contributed by atoms with van der Waals surface area (Å²) >= 11 is 8.48. The van der Waals surface area contributed by atoms with E-state index >= 15 is 0 Å². The molecule has 6 nitrogen and oxygen atoms in total. The number of benzene rings is 5. The second-order valence-corrected chi connectivity index (χ2v) is 13.2. The van der Waals surface area contributed by atoms with E-state index in [0.717, 1.165) is 38.5 Å². The summed E-state index contributed by atoms with van der Waals surface area (Å²) in [5.74, 6) is 0.118. The summed E-state index contributed by atoms with van der Waals surface area (Å²) in [5, 5.41) is 5.82. The number of thioether (sulfide) groups is 2. The number of aryl methyl sites for hydroxylation is 1. The number of halogens is 1. The molecule has 6 aromatic rings. The van der Waals surface area contributed by atoms with E-state index in [0.29, 0.717) is 38.9 Å². The van der Waals surface area contributed by atoms with Crippen molar-refractivity contribution in [1.82, 2.24) is 4.57 Å². The SMILES string of the molecule is CCn1c2ccc(C(=O)C(CCSc3ccc(Cl)cc3)=NOC(=O)Sc3ccccc3)cc2c2cc(C(=O)c3ccccc3)ccc21. The fourth-order valence-electron chi connectivity index (χ4n) is 5.34. The molecular formula is C38H29ClN2O4S2. The van der Waals surface area contributed by atoms with Crippen molar-refractivity contribution in [2.24, 2.45) is 5.16 Å². The van der Waals surface area contributed by atoms with Crippen molar-refractivity contribution >= 4 is 79.5 Å². The van der Waals surface area contributed by atoms with Crippen LogP contribution < -0.4 is 0 Å². The van der Waals surface area contributed by atoms with Crippen molar-refractivity contribution < 1.29 is 19.2 Å². The van der Waals surface area contributed by atoms with Gasteiger partial charge in [-0.2, -0.15) is 0 Å². The van der Waals surface area contributed by atoms with Crippen LogP contribution in [-0.4, -0.2) is 32.9 Å². The first-order valence-corrected chi connectivity index (χ1v) is 17.2. The minimum Gasteiger partial charge on any atom is -0.341 e. The molecule has 0 atom stereocenters. The third-order valence-electron chi connectivity index (χ3n) is 7.60. The Kier molecular flexibility index (Phi) is 10.2. The van der Waals surface area contributed by atoms with Crippen LogP contribution in [0.4, 0.5) is 4.79 Å². The minimum absolute atomic E-state index is 0.0695. The fraction of sp³-hybridized carbons (Fsp3) is 0.105. The highest BCUT2D eigenvalue weighted by Gasteiger charge is 2.20. The van der Waals surface area contributed by atoms with Crippen LogP contribution in [0.5, 0.6) is 0 Å². The lowest BCUT2D eigenvalue weighted by Gasteiger charge is -2.08. The molecule has 0 spiro atoms. The first-order valence-electron chi connectivity index (χ1n) is 15.0. The largest absolute Gasteiger partial charge is 0.398 e. The molecule has 0 aliphatic rings. The molecule has 0 saturated heterocycles. The first-order chi connectivity index (χ1) is 22.9. The van der Waals surface area contributed by atoms with E-state index in [4.69, 9.17) is 16.4 Å². The van der Waals surface area contributed by atoms with Gasteiger partial charge < -0.3 is 9.40 Å². The molecule has 47 heavy (non-hydrogen) atoms. The van der Waals surface area contributed by atoms with Crippen LogP contribution in [0.3, 0.4) is 0 Å².